The first kappa shape index (κ1) is 23.3. The molecule has 5 heteroatoms. The second kappa shape index (κ2) is 9.56. The van der Waals surface area contributed by atoms with Crippen LogP contribution in [0.25, 0.3) is 28.0 Å². The normalized spacial score (nSPS) is 10.9. The SMILES string of the molecule is C=C(Oc1ccc(CC)c(F)c1F)c1ccc(-c2ccc(-c3ccc(C)cc3)c(F)c2F)cc1. The molecule has 4 rings (SSSR count). The van der Waals surface area contributed by atoms with Gasteiger partial charge in [0.05, 0.1) is 0 Å². The molecule has 0 atom stereocenters. The Kier molecular flexibility index (Phi) is 6.55. The van der Waals surface area contributed by atoms with Gasteiger partial charge >= 0.3 is 0 Å². The fraction of sp³-hybridized carbons (Fsp3) is 0.103. The largest absolute Gasteiger partial charge is 0.454 e. The number of halogens is 4. The van der Waals surface area contributed by atoms with Crippen molar-refractivity contribution in [2.45, 2.75) is 20.3 Å². The van der Waals surface area contributed by atoms with Gasteiger partial charge in [0, 0.05) is 16.7 Å². The van der Waals surface area contributed by atoms with Crippen LogP contribution < -0.4 is 4.74 Å². The minimum absolute atomic E-state index is 0.0930. The first-order valence-corrected chi connectivity index (χ1v) is 10.8. The molecular formula is C29H22F4O. The van der Waals surface area contributed by atoms with Gasteiger partial charge in [-0.25, -0.2) is 13.2 Å². The first-order chi connectivity index (χ1) is 16.3. The standard InChI is InChI=1S/C29H22F4O/c1-4-19-13-16-25(29(33)26(19)30)34-18(3)20-9-11-22(12-10-20)24-15-14-23(27(31)28(24)32)21-7-5-17(2)6-8-21/h5-16H,3-4H2,1-2H3. The molecule has 4 aromatic rings. The number of rotatable bonds is 6. The van der Waals surface area contributed by atoms with E-state index in [-0.39, 0.29) is 28.2 Å². The molecule has 1 nitrogen and oxygen atoms in total. The molecule has 34 heavy (non-hydrogen) atoms. The fourth-order valence-corrected chi connectivity index (χ4v) is 3.68. The van der Waals surface area contributed by atoms with E-state index in [2.05, 4.69) is 6.58 Å². The molecule has 0 aliphatic heterocycles. The topological polar surface area (TPSA) is 9.23 Å². The van der Waals surface area contributed by atoms with E-state index in [1.165, 1.54) is 18.2 Å². The summed E-state index contributed by atoms with van der Waals surface area (Å²) < 4.78 is 63.5. The highest BCUT2D eigenvalue weighted by molar-refractivity contribution is 5.73. The summed E-state index contributed by atoms with van der Waals surface area (Å²) in [5.74, 6) is -4.09. The maximum absolute atomic E-state index is 14.9. The summed E-state index contributed by atoms with van der Waals surface area (Å²) in [6, 6.07) is 19.4. The molecule has 0 bridgehead atoms. The highest BCUT2D eigenvalue weighted by atomic mass is 19.2. The molecule has 0 saturated carbocycles. The minimum Gasteiger partial charge on any atom is -0.454 e. The average Bonchev–Trinajstić information content (AvgIpc) is 2.84. The van der Waals surface area contributed by atoms with E-state index in [9.17, 15) is 17.6 Å². The zero-order valence-corrected chi connectivity index (χ0v) is 18.8. The molecule has 0 amide bonds. The Morgan fingerprint density at radius 1 is 0.676 bits per heavy atom. The quantitative estimate of drug-likeness (QED) is 0.206. The van der Waals surface area contributed by atoms with Crippen LogP contribution in [0.3, 0.4) is 0 Å². The maximum atomic E-state index is 14.9. The summed E-state index contributed by atoms with van der Waals surface area (Å²) in [5, 5.41) is 0. The van der Waals surface area contributed by atoms with Crippen molar-refractivity contribution >= 4 is 5.76 Å². The highest BCUT2D eigenvalue weighted by Crippen LogP contribution is 2.33. The van der Waals surface area contributed by atoms with Crippen molar-refractivity contribution in [2.75, 3.05) is 0 Å². The molecule has 0 radical (unpaired) electrons. The van der Waals surface area contributed by atoms with Crippen LogP contribution in [0.4, 0.5) is 17.6 Å². The van der Waals surface area contributed by atoms with Crippen molar-refractivity contribution < 1.29 is 22.3 Å². The van der Waals surface area contributed by atoms with Crippen LogP contribution in [-0.2, 0) is 6.42 Å². The molecule has 0 spiro atoms. The second-order valence-corrected chi connectivity index (χ2v) is 7.96. The third-order valence-corrected chi connectivity index (χ3v) is 5.70. The lowest BCUT2D eigenvalue weighted by molar-refractivity contribution is 0.429. The lowest BCUT2D eigenvalue weighted by Gasteiger charge is -2.13. The van der Waals surface area contributed by atoms with Gasteiger partial charge in [0.15, 0.2) is 23.2 Å². The zero-order chi connectivity index (χ0) is 24.4. The zero-order valence-electron chi connectivity index (χ0n) is 18.8. The van der Waals surface area contributed by atoms with Gasteiger partial charge in [0.2, 0.25) is 5.82 Å². The summed E-state index contributed by atoms with van der Waals surface area (Å²) in [6.45, 7) is 7.42. The smallest absolute Gasteiger partial charge is 0.201 e. The predicted octanol–water partition coefficient (Wildman–Crippen LogP) is 8.50. The monoisotopic (exact) mass is 462 g/mol. The Morgan fingerprint density at radius 2 is 1.21 bits per heavy atom. The van der Waals surface area contributed by atoms with Gasteiger partial charge in [-0.2, -0.15) is 4.39 Å². The Balaban J connectivity index is 1.57. The molecule has 0 aliphatic carbocycles. The Labute approximate surface area is 196 Å². The predicted molar refractivity (Wildman–Crippen MR) is 127 cm³/mol. The molecule has 0 aromatic heterocycles. The van der Waals surface area contributed by atoms with Gasteiger partial charge < -0.3 is 4.74 Å². The maximum Gasteiger partial charge on any atom is 0.201 e. The molecule has 0 fully saturated rings. The minimum atomic E-state index is -1.08. The van der Waals surface area contributed by atoms with Crippen molar-refractivity contribution in [2.24, 2.45) is 0 Å². The van der Waals surface area contributed by atoms with Gasteiger partial charge in [-0.3, -0.25) is 0 Å². The van der Waals surface area contributed by atoms with Crippen LogP contribution in [0, 0.1) is 30.2 Å². The van der Waals surface area contributed by atoms with Crippen LogP contribution in [-0.4, -0.2) is 0 Å². The third-order valence-electron chi connectivity index (χ3n) is 5.70. The molecule has 4 aromatic carbocycles. The lowest BCUT2D eigenvalue weighted by atomic mass is 9.97. The number of ether oxygens (including phenoxy) is 1. The van der Waals surface area contributed by atoms with Gasteiger partial charge in [0.25, 0.3) is 0 Å². The fourth-order valence-electron chi connectivity index (χ4n) is 3.68. The summed E-state index contributed by atoms with van der Waals surface area (Å²) in [4.78, 5) is 0. The molecule has 0 aliphatic rings. The number of hydrogen-bond acceptors (Lipinski definition) is 1. The molecule has 0 saturated heterocycles. The van der Waals surface area contributed by atoms with Gasteiger partial charge in [0.1, 0.15) is 5.76 Å². The number of hydrogen-bond donors (Lipinski definition) is 0. The van der Waals surface area contributed by atoms with Gasteiger partial charge in [-0.1, -0.05) is 85.8 Å². The summed E-state index contributed by atoms with van der Waals surface area (Å²) in [6.07, 6.45) is 0.356. The van der Waals surface area contributed by atoms with E-state index < -0.39 is 23.3 Å². The molecule has 0 unspecified atom stereocenters. The van der Waals surface area contributed by atoms with Crippen molar-refractivity contribution in [1.29, 1.82) is 0 Å². The van der Waals surface area contributed by atoms with Gasteiger partial charge in [-0.05, 0) is 36.1 Å². The van der Waals surface area contributed by atoms with Crippen LogP contribution in [0.2, 0.25) is 0 Å². The average molecular weight is 462 g/mol. The van der Waals surface area contributed by atoms with E-state index in [1.807, 2.05) is 19.1 Å². The van der Waals surface area contributed by atoms with E-state index >= 15 is 0 Å². The van der Waals surface area contributed by atoms with E-state index in [4.69, 9.17) is 4.74 Å². The lowest BCUT2D eigenvalue weighted by Crippen LogP contribution is -2.00. The molecule has 172 valence electrons. The van der Waals surface area contributed by atoms with Crippen molar-refractivity contribution in [3.63, 3.8) is 0 Å². The Bertz CT molecular complexity index is 1360. The molecular weight excluding hydrogens is 440 g/mol. The first-order valence-electron chi connectivity index (χ1n) is 10.8. The van der Waals surface area contributed by atoms with Crippen LogP contribution >= 0.6 is 0 Å². The highest BCUT2D eigenvalue weighted by Gasteiger charge is 2.17. The summed E-state index contributed by atoms with van der Waals surface area (Å²) in [5.41, 5.74) is 3.10. The van der Waals surface area contributed by atoms with E-state index in [1.54, 1.807) is 49.4 Å². The van der Waals surface area contributed by atoms with Crippen molar-refractivity contribution in [3.05, 3.63) is 119 Å². The van der Waals surface area contributed by atoms with Crippen LogP contribution in [0.15, 0.2) is 79.4 Å². The van der Waals surface area contributed by atoms with E-state index in [0.717, 1.165) is 5.56 Å². The van der Waals surface area contributed by atoms with Crippen molar-refractivity contribution in [3.8, 4) is 28.0 Å². The summed E-state index contributed by atoms with van der Waals surface area (Å²) in [7, 11) is 0. The summed E-state index contributed by atoms with van der Waals surface area (Å²) >= 11 is 0. The van der Waals surface area contributed by atoms with E-state index in [0.29, 0.717) is 23.1 Å². The van der Waals surface area contributed by atoms with Crippen molar-refractivity contribution in [1.82, 2.24) is 0 Å². The molecule has 0 N–H and O–H groups in total. The molecule has 0 heterocycles. The Morgan fingerprint density at radius 3 is 1.74 bits per heavy atom. The number of aryl methyl sites for hydroxylation is 2. The van der Waals surface area contributed by atoms with Crippen LogP contribution in [0.5, 0.6) is 5.75 Å². The van der Waals surface area contributed by atoms with Gasteiger partial charge in [-0.15, -0.1) is 0 Å². The van der Waals surface area contributed by atoms with Crippen LogP contribution in [0.1, 0.15) is 23.6 Å². The second-order valence-electron chi connectivity index (χ2n) is 7.96. The third kappa shape index (κ3) is 4.46. The Hall–Kier alpha value is -3.86. The number of benzene rings is 4.